The van der Waals surface area contributed by atoms with Crippen LogP contribution in [0.5, 0.6) is 0 Å². The summed E-state index contributed by atoms with van der Waals surface area (Å²) in [6, 6.07) is 14.7. The molecule has 1 aliphatic heterocycles. The Hall–Kier alpha value is -3.34. The highest BCUT2D eigenvalue weighted by Crippen LogP contribution is 2.49. The third kappa shape index (κ3) is 3.73. The van der Waals surface area contributed by atoms with Gasteiger partial charge in [-0.05, 0) is 83.0 Å². The van der Waals surface area contributed by atoms with Crippen LogP contribution in [0.2, 0.25) is 0 Å². The fourth-order valence-electron chi connectivity index (χ4n) is 5.30. The number of benzene rings is 2. The zero-order valence-electron chi connectivity index (χ0n) is 21.2. The molecule has 3 aromatic rings. The Balaban J connectivity index is 1.96. The lowest BCUT2D eigenvalue weighted by molar-refractivity contribution is 0.0248. The van der Waals surface area contributed by atoms with Crippen LogP contribution in [0.1, 0.15) is 65.9 Å². The Morgan fingerprint density at radius 2 is 1.26 bits per heavy atom. The molecule has 178 valence electrons. The smallest absolute Gasteiger partial charge is 0.340 e. The zero-order chi connectivity index (χ0) is 24.5. The fourth-order valence-corrected chi connectivity index (χ4v) is 5.30. The average Bonchev–Trinajstić information content (AvgIpc) is 3.14. The van der Waals surface area contributed by atoms with E-state index in [1.54, 1.807) is 18.5 Å². The molecule has 0 saturated heterocycles. The number of anilines is 2. The van der Waals surface area contributed by atoms with Crippen LogP contribution in [0, 0.1) is 13.8 Å². The fraction of sp³-hybridized carbons (Fsp3) is 0.379. The van der Waals surface area contributed by atoms with Crippen LogP contribution in [0.25, 0.3) is 0 Å². The minimum Gasteiger partial charge on any atom is -0.440 e. The highest BCUT2D eigenvalue weighted by molar-refractivity contribution is 5.96. The number of rotatable bonds is 8. The first-order valence-electron chi connectivity index (χ1n) is 12.3. The molecule has 0 atom stereocenters. The standard InChI is InChI=1S/C29H35N3O2/c1-7-31(8-2)22-11-13-25(20(5)17-22)29(27-19-30-16-15-24(27)28(33)34-29)26-14-12-23(18-21(26)6)32(9-3)10-4/h11-19H,7-10H2,1-6H3. The normalized spacial score (nSPS) is 14.0. The van der Waals surface area contributed by atoms with Crippen LogP contribution in [-0.2, 0) is 10.3 Å². The number of cyclic esters (lactones) is 1. The van der Waals surface area contributed by atoms with Crippen LogP contribution >= 0.6 is 0 Å². The Labute approximate surface area is 203 Å². The largest absolute Gasteiger partial charge is 0.440 e. The van der Waals surface area contributed by atoms with Gasteiger partial charge in [-0.1, -0.05) is 12.1 Å². The van der Waals surface area contributed by atoms with Crippen molar-refractivity contribution >= 4 is 17.3 Å². The second kappa shape index (κ2) is 9.49. The van der Waals surface area contributed by atoms with E-state index < -0.39 is 5.60 Å². The van der Waals surface area contributed by atoms with E-state index in [0.29, 0.717) is 5.56 Å². The summed E-state index contributed by atoms with van der Waals surface area (Å²) in [5, 5.41) is 0. The molecule has 0 spiro atoms. The molecule has 0 aliphatic carbocycles. The number of carbonyl (C=O) groups excluding carboxylic acids is 1. The highest BCUT2D eigenvalue weighted by Gasteiger charge is 2.50. The van der Waals surface area contributed by atoms with Crippen molar-refractivity contribution in [2.75, 3.05) is 36.0 Å². The SMILES string of the molecule is CCN(CC)c1ccc(C2(c3ccc(N(CC)CC)cc3C)OC(=O)c3ccncc32)c(C)c1. The van der Waals surface area contributed by atoms with Gasteiger partial charge in [-0.3, -0.25) is 4.98 Å². The number of ether oxygens (including phenoxy) is 1. The first-order valence-corrected chi connectivity index (χ1v) is 12.3. The summed E-state index contributed by atoms with van der Waals surface area (Å²) < 4.78 is 6.35. The van der Waals surface area contributed by atoms with Gasteiger partial charge < -0.3 is 14.5 Å². The van der Waals surface area contributed by atoms with Crippen molar-refractivity contribution in [2.45, 2.75) is 47.1 Å². The van der Waals surface area contributed by atoms with Crippen LogP contribution in [0.3, 0.4) is 0 Å². The molecule has 0 amide bonds. The molecule has 0 N–H and O–H groups in total. The molecule has 34 heavy (non-hydrogen) atoms. The molecule has 2 heterocycles. The lowest BCUT2D eigenvalue weighted by Gasteiger charge is -2.34. The van der Waals surface area contributed by atoms with E-state index in [1.807, 2.05) is 0 Å². The molecular formula is C29H35N3O2. The molecular weight excluding hydrogens is 422 g/mol. The van der Waals surface area contributed by atoms with Crippen molar-refractivity contribution in [3.63, 3.8) is 0 Å². The van der Waals surface area contributed by atoms with Gasteiger partial charge in [0.15, 0.2) is 5.60 Å². The second-order valence-corrected chi connectivity index (χ2v) is 8.83. The number of pyridine rings is 1. The van der Waals surface area contributed by atoms with Crippen molar-refractivity contribution in [1.29, 1.82) is 0 Å². The molecule has 0 saturated carbocycles. The van der Waals surface area contributed by atoms with Gasteiger partial charge in [0.05, 0.1) is 5.56 Å². The minimum atomic E-state index is -1.03. The molecule has 2 aromatic carbocycles. The maximum Gasteiger partial charge on any atom is 0.340 e. The Morgan fingerprint density at radius 1 is 0.765 bits per heavy atom. The van der Waals surface area contributed by atoms with Crippen LogP contribution in [0.15, 0.2) is 54.9 Å². The van der Waals surface area contributed by atoms with Gasteiger partial charge >= 0.3 is 5.97 Å². The van der Waals surface area contributed by atoms with Crippen LogP contribution in [-0.4, -0.2) is 37.1 Å². The second-order valence-electron chi connectivity index (χ2n) is 8.83. The summed E-state index contributed by atoms with van der Waals surface area (Å²) in [7, 11) is 0. The first kappa shape index (κ1) is 23.8. The Morgan fingerprint density at radius 3 is 1.71 bits per heavy atom. The van der Waals surface area contributed by atoms with E-state index in [-0.39, 0.29) is 5.97 Å². The monoisotopic (exact) mass is 457 g/mol. The molecule has 4 rings (SSSR count). The molecule has 0 bridgehead atoms. The van der Waals surface area contributed by atoms with Crippen molar-refractivity contribution in [3.8, 4) is 0 Å². The lowest BCUT2D eigenvalue weighted by atomic mass is 9.77. The molecule has 0 fully saturated rings. The number of carbonyl (C=O) groups is 1. The van der Waals surface area contributed by atoms with Gasteiger partial charge in [-0.25, -0.2) is 4.79 Å². The minimum absolute atomic E-state index is 0.308. The van der Waals surface area contributed by atoms with Gasteiger partial charge in [-0.2, -0.15) is 0 Å². The highest BCUT2D eigenvalue weighted by atomic mass is 16.6. The van der Waals surface area contributed by atoms with Gasteiger partial charge in [0, 0.05) is 66.6 Å². The number of aromatic nitrogens is 1. The summed E-state index contributed by atoms with van der Waals surface area (Å²) in [4.78, 5) is 22.2. The molecule has 0 radical (unpaired) electrons. The number of aryl methyl sites for hydroxylation is 2. The quantitative estimate of drug-likeness (QED) is 0.397. The van der Waals surface area contributed by atoms with Crippen molar-refractivity contribution < 1.29 is 9.53 Å². The topological polar surface area (TPSA) is 45.7 Å². The van der Waals surface area contributed by atoms with E-state index in [9.17, 15) is 4.79 Å². The van der Waals surface area contributed by atoms with E-state index in [1.165, 1.54) is 11.4 Å². The summed E-state index contributed by atoms with van der Waals surface area (Å²) in [6.07, 6.45) is 3.44. The van der Waals surface area contributed by atoms with Gasteiger partial charge in [0.1, 0.15) is 0 Å². The van der Waals surface area contributed by atoms with Crippen LogP contribution < -0.4 is 9.80 Å². The molecule has 1 aromatic heterocycles. The zero-order valence-corrected chi connectivity index (χ0v) is 21.2. The van der Waals surface area contributed by atoms with Gasteiger partial charge in [0.25, 0.3) is 0 Å². The Kier molecular flexibility index (Phi) is 6.65. The summed E-state index contributed by atoms with van der Waals surface area (Å²) in [5.41, 5.74) is 6.81. The number of hydrogen-bond donors (Lipinski definition) is 0. The number of fused-ring (bicyclic) bond motifs is 1. The van der Waals surface area contributed by atoms with E-state index >= 15 is 0 Å². The van der Waals surface area contributed by atoms with Crippen molar-refractivity contribution in [3.05, 3.63) is 88.2 Å². The maximum atomic E-state index is 13.1. The number of nitrogens with zero attached hydrogens (tertiary/aromatic N) is 3. The predicted octanol–water partition coefficient (Wildman–Crippen LogP) is 5.85. The molecule has 1 aliphatic rings. The summed E-state index contributed by atoms with van der Waals surface area (Å²) >= 11 is 0. The van der Waals surface area contributed by atoms with E-state index in [2.05, 4.69) is 92.7 Å². The predicted molar refractivity (Wildman–Crippen MR) is 139 cm³/mol. The van der Waals surface area contributed by atoms with E-state index in [4.69, 9.17) is 4.74 Å². The third-order valence-corrected chi connectivity index (χ3v) is 7.10. The van der Waals surface area contributed by atoms with E-state index in [0.717, 1.165) is 54.0 Å². The maximum absolute atomic E-state index is 13.1. The summed E-state index contributed by atoms with van der Waals surface area (Å²) in [5.74, 6) is -0.308. The Bertz CT molecular complexity index is 1130. The number of esters is 1. The van der Waals surface area contributed by atoms with Gasteiger partial charge in [0.2, 0.25) is 0 Å². The van der Waals surface area contributed by atoms with Crippen molar-refractivity contribution in [2.24, 2.45) is 0 Å². The van der Waals surface area contributed by atoms with Crippen molar-refractivity contribution in [1.82, 2.24) is 4.98 Å². The van der Waals surface area contributed by atoms with Gasteiger partial charge in [-0.15, -0.1) is 0 Å². The molecule has 0 unspecified atom stereocenters. The number of hydrogen-bond acceptors (Lipinski definition) is 5. The summed E-state index contributed by atoms with van der Waals surface area (Å²) in [6.45, 7) is 16.6. The first-order chi connectivity index (χ1) is 16.4. The van der Waals surface area contributed by atoms with Crippen LogP contribution in [0.4, 0.5) is 11.4 Å². The third-order valence-electron chi connectivity index (χ3n) is 7.10. The molecule has 5 heteroatoms. The lowest BCUT2D eigenvalue weighted by Crippen LogP contribution is -2.32. The molecule has 5 nitrogen and oxygen atoms in total. The average molecular weight is 458 g/mol.